The first-order valence-corrected chi connectivity index (χ1v) is 5.28. The molecule has 0 aliphatic carbocycles. The number of rotatable bonds is 6. The van der Waals surface area contributed by atoms with Crippen LogP contribution in [-0.2, 0) is 0 Å². The third-order valence-electron chi connectivity index (χ3n) is 2.23. The second-order valence-electron chi connectivity index (χ2n) is 3.51. The predicted octanol–water partition coefficient (Wildman–Crippen LogP) is 1.51. The Kier molecular flexibility index (Phi) is 5.08. The van der Waals surface area contributed by atoms with Crippen LogP contribution in [0.4, 0.5) is 0 Å². The van der Waals surface area contributed by atoms with Crippen LogP contribution in [0.1, 0.15) is 25.0 Å². The lowest BCUT2D eigenvalue weighted by Crippen LogP contribution is -2.02. The van der Waals surface area contributed by atoms with Gasteiger partial charge in [0.2, 0.25) is 0 Å². The van der Waals surface area contributed by atoms with Crippen LogP contribution in [-0.4, -0.2) is 30.5 Å². The van der Waals surface area contributed by atoms with Crippen LogP contribution in [0.25, 0.3) is 0 Å². The van der Waals surface area contributed by atoms with E-state index >= 15 is 0 Å². The maximum absolute atomic E-state index is 9.42. The third kappa shape index (κ3) is 3.40. The molecule has 0 saturated heterocycles. The molecule has 0 saturated carbocycles. The largest absolute Gasteiger partial charge is 0.493 e. The Balaban J connectivity index is 2.76. The first-order chi connectivity index (χ1) is 7.69. The summed E-state index contributed by atoms with van der Waals surface area (Å²) in [5.41, 5.74) is 0.784. The summed E-state index contributed by atoms with van der Waals surface area (Å²) in [5, 5.41) is 18.1. The summed E-state index contributed by atoms with van der Waals surface area (Å²) in [5.74, 6) is 1.22. The molecule has 4 nitrogen and oxygen atoms in total. The zero-order valence-corrected chi connectivity index (χ0v) is 9.64. The van der Waals surface area contributed by atoms with E-state index in [0.717, 1.165) is 5.56 Å². The van der Waals surface area contributed by atoms with E-state index in [0.29, 0.717) is 24.5 Å². The summed E-state index contributed by atoms with van der Waals surface area (Å²) >= 11 is 0. The van der Waals surface area contributed by atoms with E-state index in [-0.39, 0.29) is 6.61 Å². The molecule has 0 radical (unpaired) electrons. The van der Waals surface area contributed by atoms with Gasteiger partial charge in [0, 0.05) is 13.0 Å². The molecule has 1 aromatic carbocycles. The molecule has 16 heavy (non-hydrogen) atoms. The third-order valence-corrected chi connectivity index (χ3v) is 2.23. The van der Waals surface area contributed by atoms with E-state index in [2.05, 4.69) is 0 Å². The van der Waals surface area contributed by atoms with Gasteiger partial charge in [0.15, 0.2) is 11.5 Å². The summed E-state index contributed by atoms with van der Waals surface area (Å²) in [6.07, 6.45) is 0.0572. The molecular formula is C12H18O4. The van der Waals surface area contributed by atoms with Crippen LogP contribution in [0.2, 0.25) is 0 Å². The molecule has 0 aliphatic heterocycles. The number of ether oxygens (including phenoxy) is 2. The van der Waals surface area contributed by atoms with Crippen LogP contribution in [0.3, 0.4) is 0 Å². The summed E-state index contributed by atoms with van der Waals surface area (Å²) in [6, 6.07) is 5.30. The average Bonchev–Trinajstić information content (AvgIpc) is 2.29. The Morgan fingerprint density at radius 2 is 2.06 bits per heavy atom. The van der Waals surface area contributed by atoms with E-state index in [1.54, 1.807) is 32.2 Å². The van der Waals surface area contributed by atoms with E-state index in [4.69, 9.17) is 14.6 Å². The number of benzene rings is 1. The van der Waals surface area contributed by atoms with Gasteiger partial charge in [0.1, 0.15) is 0 Å². The molecule has 0 fully saturated rings. The Hall–Kier alpha value is -1.26. The van der Waals surface area contributed by atoms with Gasteiger partial charge in [-0.25, -0.2) is 0 Å². The van der Waals surface area contributed by atoms with Crippen molar-refractivity contribution in [2.45, 2.75) is 19.4 Å². The highest BCUT2D eigenvalue weighted by atomic mass is 16.5. The summed E-state index contributed by atoms with van der Waals surface area (Å²) in [4.78, 5) is 0. The smallest absolute Gasteiger partial charge is 0.161 e. The molecule has 1 unspecified atom stereocenters. The van der Waals surface area contributed by atoms with Gasteiger partial charge >= 0.3 is 0 Å². The molecule has 90 valence electrons. The molecule has 2 N–H and O–H groups in total. The van der Waals surface area contributed by atoms with Crippen molar-refractivity contribution in [3.05, 3.63) is 23.8 Å². The lowest BCUT2D eigenvalue weighted by Gasteiger charge is -2.12. The molecule has 0 bridgehead atoms. The van der Waals surface area contributed by atoms with Gasteiger partial charge in [-0.05, 0) is 24.6 Å². The molecule has 0 heterocycles. The van der Waals surface area contributed by atoms with Crippen molar-refractivity contribution in [3.8, 4) is 11.5 Å². The van der Waals surface area contributed by atoms with Crippen molar-refractivity contribution in [1.29, 1.82) is 0 Å². The maximum Gasteiger partial charge on any atom is 0.161 e. The van der Waals surface area contributed by atoms with Gasteiger partial charge in [-0.15, -0.1) is 0 Å². The molecule has 1 aromatic rings. The highest BCUT2D eigenvalue weighted by molar-refractivity contribution is 5.43. The molecule has 0 aliphatic rings. The molecule has 0 spiro atoms. The van der Waals surface area contributed by atoms with Crippen LogP contribution < -0.4 is 9.47 Å². The lowest BCUT2D eigenvalue weighted by molar-refractivity contribution is 0.198. The highest BCUT2D eigenvalue weighted by Crippen LogP contribution is 2.30. The van der Waals surface area contributed by atoms with Gasteiger partial charge in [-0.2, -0.15) is 0 Å². The Bertz CT molecular complexity index is 323. The minimum Gasteiger partial charge on any atom is -0.493 e. The first-order valence-electron chi connectivity index (χ1n) is 5.28. The molecule has 4 heteroatoms. The summed E-state index contributed by atoms with van der Waals surface area (Å²) in [7, 11) is 1.56. The maximum atomic E-state index is 9.42. The number of aliphatic hydroxyl groups excluding tert-OH is 2. The normalized spacial score (nSPS) is 12.2. The van der Waals surface area contributed by atoms with Gasteiger partial charge in [-0.1, -0.05) is 6.07 Å². The van der Waals surface area contributed by atoms with Gasteiger partial charge in [-0.3, -0.25) is 0 Å². The average molecular weight is 226 g/mol. The number of methoxy groups -OCH3 is 1. The predicted molar refractivity (Wildman–Crippen MR) is 60.8 cm³/mol. The van der Waals surface area contributed by atoms with E-state index in [9.17, 15) is 5.11 Å². The minimum absolute atomic E-state index is 0.105. The van der Waals surface area contributed by atoms with Crippen molar-refractivity contribution >= 4 is 0 Å². The van der Waals surface area contributed by atoms with Crippen molar-refractivity contribution < 1.29 is 19.7 Å². The second kappa shape index (κ2) is 6.35. The SMILES string of the molecule is COc1cc(C(C)O)ccc1OCCCO. The Morgan fingerprint density at radius 3 is 2.62 bits per heavy atom. The molecule has 1 rings (SSSR count). The van der Waals surface area contributed by atoms with Crippen LogP contribution in [0.5, 0.6) is 11.5 Å². The second-order valence-corrected chi connectivity index (χ2v) is 3.51. The Labute approximate surface area is 95.4 Å². The van der Waals surface area contributed by atoms with Gasteiger partial charge < -0.3 is 19.7 Å². The van der Waals surface area contributed by atoms with E-state index < -0.39 is 6.10 Å². The van der Waals surface area contributed by atoms with Crippen LogP contribution >= 0.6 is 0 Å². The fourth-order valence-electron chi connectivity index (χ4n) is 1.31. The topological polar surface area (TPSA) is 58.9 Å². The number of hydrogen-bond acceptors (Lipinski definition) is 4. The van der Waals surface area contributed by atoms with E-state index in [1.165, 1.54) is 0 Å². The highest BCUT2D eigenvalue weighted by Gasteiger charge is 2.08. The van der Waals surface area contributed by atoms with Crippen molar-refractivity contribution in [2.24, 2.45) is 0 Å². The van der Waals surface area contributed by atoms with Crippen LogP contribution in [0.15, 0.2) is 18.2 Å². The number of aliphatic hydroxyl groups is 2. The van der Waals surface area contributed by atoms with Crippen molar-refractivity contribution in [1.82, 2.24) is 0 Å². The molecule has 0 amide bonds. The monoisotopic (exact) mass is 226 g/mol. The quantitative estimate of drug-likeness (QED) is 0.722. The zero-order valence-electron chi connectivity index (χ0n) is 9.64. The lowest BCUT2D eigenvalue weighted by atomic mass is 10.1. The zero-order chi connectivity index (χ0) is 12.0. The van der Waals surface area contributed by atoms with E-state index in [1.807, 2.05) is 0 Å². The van der Waals surface area contributed by atoms with Crippen molar-refractivity contribution in [2.75, 3.05) is 20.3 Å². The molecule has 0 aromatic heterocycles. The number of hydrogen-bond donors (Lipinski definition) is 2. The Morgan fingerprint density at radius 1 is 1.31 bits per heavy atom. The summed E-state index contributed by atoms with van der Waals surface area (Å²) < 4.78 is 10.6. The van der Waals surface area contributed by atoms with Crippen molar-refractivity contribution in [3.63, 3.8) is 0 Å². The van der Waals surface area contributed by atoms with Gasteiger partial charge in [0.05, 0.1) is 19.8 Å². The summed E-state index contributed by atoms with van der Waals surface area (Å²) in [6.45, 7) is 2.25. The van der Waals surface area contributed by atoms with Gasteiger partial charge in [0.25, 0.3) is 0 Å². The fraction of sp³-hybridized carbons (Fsp3) is 0.500. The molecular weight excluding hydrogens is 208 g/mol. The fourth-order valence-corrected chi connectivity index (χ4v) is 1.31. The van der Waals surface area contributed by atoms with Crippen LogP contribution in [0, 0.1) is 0 Å². The standard InChI is InChI=1S/C12H18O4/c1-9(14)10-4-5-11(12(8-10)15-2)16-7-3-6-13/h4-5,8-9,13-14H,3,6-7H2,1-2H3. The molecule has 1 atom stereocenters. The minimum atomic E-state index is -0.527. The first kappa shape index (κ1) is 12.8.